The number of nitrogens with zero attached hydrogens (tertiary/aromatic N) is 1. The van der Waals surface area contributed by atoms with Crippen LogP contribution in [0.4, 0.5) is 10.5 Å². The molecule has 0 aromatic heterocycles. The molecule has 0 aliphatic heterocycles. The summed E-state index contributed by atoms with van der Waals surface area (Å²) in [5.74, 6) is -1.25. The first-order valence-corrected chi connectivity index (χ1v) is 6.11. The Kier molecular flexibility index (Phi) is 5.52. The van der Waals surface area contributed by atoms with Crippen LogP contribution < -0.4 is 11.1 Å². The maximum atomic E-state index is 12.2. The van der Waals surface area contributed by atoms with Crippen molar-refractivity contribution < 1.29 is 19.5 Å². The van der Waals surface area contributed by atoms with Gasteiger partial charge in [-0.3, -0.25) is 9.59 Å². The standard InChI is InChI=1S/C13H17N3O4/c1-2-16(7-6-11(17)18)12(19)9-4-3-5-10(8-9)15-13(14)20/h3-5,8H,2,6-7H2,1H3,(H,17,18)(H3,14,15,20). The van der Waals surface area contributed by atoms with Crippen LogP contribution in [0.2, 0.25) is 0 Å². The first-order valence-electron chi connectivity index (χ1n) is 6.11. The van der Waals surface area contributed by atoms with Crippen LogP contribution in [-0.4, -0.2) is 41.0 Å². The zero-order valence-corrected chi connectivity index (χ0v) is 11.1. The number of amides is 3. The number of nitrogens with two attached hydrogens (primary N) is 1. The van der Waals surface area contributed by atoms with Crippen molar-refractivity contribution in [3.05, 3.63) is 29.8 Å². The van der Waals surface area contributed by atoms with Gasteiger partial charge < -0.3 is 21.1 Å². The number of carboxylic acid groups (broad SMARTS) is 1. The maximum Gasteiger partial charge on any atom is 0.316 e. The first-order chi connectivity index (χ1) is 9.43. The molecular formula is C13H17N3O4. The molecule has 0 unspecified atom stereocenters. The van der Waals surface area contributed by atoms with Gasteiger partial charge in [0.05, 0.1) is 6.42 Å². The lowest BCUT2D eigenvalue weighted by Gasteiger charge is -2.20. The Labute approximate surface area is 116 Å². The van der Waals surface area contributed by atoms with Crippen molar-refractivity contribution in [2.24, 2.45) is 5.73 Å². The van der Waals surface area contributed by atoms with Gasteiger partial charge in [-0.15, -0.1) is 0 Å². The van der Waals surface area contributed by atoms with Gasteiger partial charge in [-0.25, -0.2) is 4.79 Å². The lowest BCUT2D eigenvalue weighted by atomic mass is 10.1. The van der Waals surface area contributed by atoms with E-state index in [-0.39, 0.29) is 18.9 Å². The number of primary amides is 1. The Bertz CT molecular complexity index is 516. The van der Waals surface area contributed by atoms with Crippen molar-refractivity contribution in [2.45, 2.75) is 13.3 Å². The minimum absolute atomic E-state index is 0.112. The van der Waals surface area contributed by atoms with Gasteiger partial charge in [0.15, 0.2) is 0 Å². The fourth-order valence-electron chi connectivity index (χ4n) is 1.69. The largest absolute Gasteiger partial charge is 0.481 e. The molecule has 0 fully saturated rings. The highest BCUT2D eigenvalue weighted by Crippen LogP contribution is 2.13. The number of anilines is 1. The van der Waals surface area contributed by atoms with Crippen LogP contribution in [-0.2, 0) is 4.79 Å². The fraction of sp³-hybridized carbons (Fsp3) is 0.308. The molecule has 7 heteroatoms. The second kappa shape index (κ2) is 7.13. The van der Waals surface area contributed by atoms with E-state index in [0.717, 1.165) is 0 Å². The van der Waals surface area contributed by atoms with Gasteiger partial charge in [-0.2, -0.15) is 0 Å². The normalized spacial score (nSPS) is 9.85. The Morgan fingerprint density at radius 2 is 2.05 bits per heavy atom. The van der Waals surface area contributed by atoms with Crippen LogP contribution in [0.5, 0.6) is 0 Å². The van der Waals surface area contributed by atoms with Crippen LogP contribution in [0, 0.1) is 0 Å². The summed E-state index contributed by atoms with van der Waals surface area (Å²) >= 11 is 0. The van der Waals surface area contributed by atoms with E-state index in [9.17, 15) is 14.4 Å². The molecule has 0 aliphatic carbocycles. The SMILES string of the molecule is CCN(CCC(=O)O)C(=O)c1cccc(NC(N)=O)c1. The van der Waals surface area contributed by atoms with E-state index >= 15 is 0 Å². The Morgan fingerprint density at radius 3 is 2.60 bits per heavy atom. The molecule has 0 saturated carbocycles. The van der Waals surface area contributed by atoms with E-state index in [1.807, 2.05) is 0 Å². The van der Waals surface area contributed by atoms with Crippen LogP contribution in [0.15, 0.2) is 24.3 Å². The van der Waals surface area contributed by atoms with E-state index in [0.29, 0.717) is 17.8 Å². The molecule has 0 bridgehead atoms. The van der Waals surface area contributed by atoms with Crippen molar-refractivity contribution in [1.29, 1.82) is 0 Å². The van der Waals surface area contributed by atoms with Crippen molar-refractivity contribution >= 4 is 23.6 Å². The van der Waals surface area contributed by atoms with E-state index in [4.69, 9.17) is 10.8 Å². The second-order valence-electron chi connectivity index (χ2n) is 4.10. The average molecular weight is 279 g/mol. The molecule has 0 atom stereocenters. The highest BCUT2D eigenvalue weighted by atomic mass is 16.4. The Balaban J connectivity index is 2.83. The van der Waals surface area contributed by atoms with Crippen molar-refractivity contribution in [3.63, 3.8) is 0 Å². The molecule has 108 valence electrons. The summed E-state index contributed by atoms with van der Waals surface area (Å²) in [6, 6.07) is 5.60. The molecule has 1 rings (SSSR count). The Hall–Kier alpha value is -2.57. The third kappa shape index (κ3) is 4.60. The predicted octanol–water partition coefficient (Wildman–Crippen LogP) is 1.11. The van der Waals surface area contributed by atoms with Crippen LogP contribution in [0.3, 0.4) is 0 Å². The molecule has 1 aromatic rings. The fourth-order valence-corrected chi connectivity index (χ4v) is 1.69. The topological polar surface area (TPSA) is 113 Å². The number of benzene rings is 1. The van der Waals surface area contributed by atoms with Crippen molar-refractivity contribution in [2.75, 3.05) is 18.4 Å². The van der Waals surface area contributed by atoms with Crippen molar-refractivity contribution in [3.8, 4) is 0 Å². The third-order valence-electron chi connectivity index (χ3n) is 2.64. The van der Waals surface area contributed by atoms with Crippen LogP contribution >= 0.6 is 0 Å². The van der Waals surface area contributed by atoms with Gasteiger partial charge in [0.1, 0.15) is 0 Å². The van der Waals surface area contributed by atoms with Gasteiger partial charge in [-0.05, 0) is 25.1 Å². The number of carbonyl (C=O) groups is 3. The zero-order valence-electron chi connectivity index (χ0n) is 11.1. The highest BCUT2D eigenvalue weighted by Gasteiger charge is 2.15. The predicted molar refractivity (Wildman–Crippen MR) is 73.5 cm³/mol. The quantitative estimate of drug-likeness (QED) is 0.724. The molecular weight excluding hydrogens is 262 g/mol. The average Bonchev–Trinajstić information content (AvgIpc) is 2.38. The smallest absolute Gasteiger partial charge is 0.316 e. The minimum atomic E-state index is -0.958. The van der Waals surface area contributed by atoms with E-state index in [2.05, 4.69) is 5.32 Å². The molecule has 1 aromatic carbocycles. The number of aliphatic carboxylic acids is 1. The summed E-state index contributed by atoms with van der Waals surface area (Å²) in [5, 5.41) is 11.0. The first kappa shape index (κ1) is 15.5. The molecule has 0 radical (unpaired) electrons. The number of carboxylic acids is 1. The van der Waals surface area contributed by atoms with E-state index in [1.54, 1.807) is 25.1 Å². The number of urea groups is 1. The summed E-state index contributed by atoms with van der Waals surface area (Å²) in [7, 11) is 0. The van der Waals surface area contributed by atoms with Gasteiger partial charge in [-0.1, -0.05) is 6.07 Å². The van der Waals surface area contributed by atoms with Gasteiger partial charge in [0.25, 0.3) is 5.91 Å². The number of hydrogen-bond acceptors (Lipinski definition) is 3. The number of nitrogens with one attached hydrogen (secondary N) is 1. The molecule has 20 heavy (non-hydrogen) atoms. The number of hydrogen-bond donors (Lipinski definition) is 3. The second-order valence-corrected chi connectivity index (χ2v) is 4.10. The minimum Gasteiger partial charge on any atom is -0.481 e. The molecule has 0 heterocycles. The summed E-state index contributed by atoms with van der Waals surface area (Å²) in [5.41, 5.74) is 5.79. The van der Waals surface area contributed by atoms with Crippen LogP contribution in [0.25, 0.3) is 0 Å². The summed E-state index contributed by atoms with van der Waals surface area (Å²) in [4.78, 5) is 35.0. The number of rotatable bonds is 6. The lowest BCUT2D eigenvalue weighted by molar-refractivity contribution is -0.137. The van der Waals surface area contributed by atoms with Crippen LogP contribution in [0.1, 0.15) is 23.7 Å². The summed E-state index contributed by atoms with van der Waals surface area (Å²) < 4.78 is 0. The van der Waals surface area contributed by atoms with E-state index < -0.39 is 12.0 Å². The maximum absolute atomic E-state index is 12.2. The molecule has 4 N–H and O–H groups in total. The highest BCUT2D eigenvalue weighted by molar-refractivity contribution is 5.96. The van der Waals surface area contributed by atoms with Crippen molar-refractivity contribution in [1.82, 2.24) is 4.90 Å². The summed E-state index contributed by atoms with van der Waals surface area (Å²) in [6.45, 7) is 2.31. The monoisotopic (exact) mass is 279 g/mol. The molecule has 7 nitrogen and oxygen atoms in total. The molecule has 0 spiro atoms. The van der Waals surface area contributed by atoms with Gasteiger partial charge in [0.2, 0.25) is 0 Å². The molecule has 0 aliphatic rings. The third-order valence-corrected chi connectivity index (χ3v) is 2.64. The molecule has 3 amide bonds. The lowest BCUT2D eigenvalue weighted by Crippen LogP contribution is -2.32. The Morgan fingerprint density at radius 1 is 1.35 bits per heavy atom. The van der Waals surface area contributed by atoms with Gasteiger partial charge in [0, 0.05) is 24.3 Å². The van der Waals surface area contributed by atoms with Gasteiger partial charge >= 0.3 is 12.0 Å². The van der Waals surface area contributed by atoms with E-state index in [1.165, 1.54) is 11.0 Å². The number of carbonyl (C=O) groups excluding carboxylic acids is 2. The molecule has 0 saturated heterocycles. The zero-order chi connectivity index (χ0) is 15.1. The summed E-state index contributed by atoms with van der Waals surface area (Å²) in [6.07, 6.45) is -0.112.